The molecule has 182 valence electrons. The number of likely N-dealkylation sites (tertiary alicyclic amines) is 1. The number of anilines is 1. The summed E-state index contributed by atoms with van der Waals surface area (Å²) in [6.45, 7) is 1.91. The van der Waals surface area contributed by atoms with E-state index in [2.05, 4.69) is 20.4 Å². The number of methoxy groups -OCH3 is 1. The van der Waals surface area contributed by atoms with Crippen molar-refractivity contribution in [2.24, 2.45) is 0 Å². The van der Waals surface area contributed by atoms with Crippen molar-refractivity contribution in [3.8, 4) is 6.01 Å². The molecule has 36 heavy (non-hydrogen) atoms. The van der Waals surface area contributed by atoms with E-state index in [1.54, 1.807) is 28.0 Å². The zero-order valence-corrected chi connectivity index (χ0v) is 20.0. The maximum atomic E-state index is 12.8. The van der Waals surface area contributed by atoms with E-state index in [9.17, 15) is 4.79 Å². The van der Waals surface area contributed by atoms with E-state index in [4.69, 9.17) is 22.3 Å². The molecule has 4 aromatic rings. The van der Waals surface area contributed by atoms with Gasteiger partial charge < -0.3 is 19.7 Å². The highest BCUT2D eigenvalue weighted by Gasteiger charge is 2.27. The molecule has 1 unspecified atom stereocenters. The van der Waals surface area contributed by atoms with Gasteiger partial charge in [0.15, 0.2) is 5.65 Å². The van der Waals surface area contributed by atoms with Gasteiger partial charge in [-0.3, -0.25) is 0 Å². The van der Waals surface area contributed by atoms with Gasteiger partial charge in [0, 0.05) is 55.8 Å². The normalized spacial score (nSPS) is 15.6. The quantitative estimate of drug-likeness (QED) is 0.400. The number of hydrogen-bond acceptors (Lipinski definition) is 8. The van der Waals surface area contributed by atoms with Crippen LogP contribution in [0, 0.1) is 0 Å². The summed E-state index contributed by atoms with van der Waals surface area (Å²) in [5, 5.41) is 7.76. The highest BCUT2D eigenvalue weighted by Crippen LogP contribution is 2.28. The summed E-state index contributed by atoms with van der Waals surface area (Å²) >= 11 is 0. The van der Waals surface area contributed by atoms with Crippen LogP contribution in [0.25, 0.3) is 5.65 Å². The first-order valence-corrected chi connectivity index (χ1v) is 11.8. The third kappa shape index (κ3) is 5.24. The Morgan fingerprint density at radius 2 is 1.97 bits per heavy atom. The summed E-state index contributed by atoms with van der Waals surface area (Å²) < 4.78 is 12.3. The van der Waals surface area contributed by atoms with Gasteiger partial charge in [0.05, 0.1) is 12.8 Å². The van der Waals surface area contributed by atoms with Crippen LogP contribution < -0.4 is 15.5 Å². The van der Waals surface area contributed by atoms with E-state index < -0.39 is 0 Å². The van der Waals surface area contributed by atoms with Crippen LogP contribution in [0.4, 0.5) is 10.6 Å². The average molecular weight is 483 g/mol. The van der Waals surface area contributed by atoms with Crippen LogP contribution in [-0.2, 0) is 17.9 Å². The molecule has 0 aliphatic carbocycles. The molecule has 0 spiro atoms. The molecule has 1 fully saturated rings. The van der Waals surface area contributed by atoms with Gasteiger partial charge in [-0.1, -0.05) is 30.3 Å². The van der Waals surface area contributed by atoms with Gasteiger partial charge in [-0.05, 0) is 23.9 Å². The lowest BCUT2D eigenvalue weighted by atomic mass is 9.94. The Hall–Kier alpha value is -4.15. The van der Waals surface area contributed by atoms with Crippen LogP contribution in [0.1, 0.15) is 35.6 Å². The van der Waals surface area contributed by atoms with Gasteiger partial charge in [-0.15, -0.1) is 0 Å². The largest absolute Gasteiger partial charge is 0.467 e. The zero-order chi connectivity index (χ0) is 24.9. The lowest BCUT2D eigenvalue weighted by Gasteiger charge is -2.32. The van der Waals surface area contributed by atoms with Crippen molar-refractivity contribution in [1.29, 1.82) is 0 Å². The number of amides is 1. The summed E-state index contributed by atoms with van der Waals surface area (Å²) in [6.07, 6.45) is 6.45. The molecule has 1 aliphatic heterocycles. The fourth-order valence-corrected chi connectivity index (χ4v) is 4.26. The summed E-state index contributed by atoms with van der Waals surface area (Å²) in [4.78, 5) is 27.6. The summed E-state index contributed by atoms with van der Waals surface area (Å²) in [5.41, 5.74) is 3.75. The summed E-state index contributed by atoms with van der Waals surface area (Å²) in [5.74, 6) is 0.790. The van der Waals surface area contributed by atoms with E-state index in [0.717, 1.165) is 35.5 Å². The number of fused-ring (bicyclic) bond motifs is 1. The molecule has 0 bridgehead atoms. The van der Waals surface area contributed by atoms with Gasteiger partial charge >= 0.3 is 12.1 Å². The predicted molar refractivity (Wildman–Crippen MR) is 134 cm³/mol. The van der Waals surface area contributed by atoms with Gasteiger partial charge in [0.2, 0.25) is 0 Å². The number of nitrogens with zero attached hydrogens (tertiary/aromatic N) is 6. The third-order valence-electron chi connectivity index (χ3n) is 6.16. The van der Waals surface area contributed by atoms with E-state index in [1.807, 2.05) is 36.4 Å². The minimum atomic E-state index is -0.314. The number of ether oxygens (including phenoxy) is 2. The van der Waals surface area contributed by atoms with Gasteiger partial charge in [-0.25, -0.2) is 19.7 Å². The maximum Gasteiger partial charge on any atom is 0.410 e. The van der Waals surface area contributed by atoms with Crippen molar-refractivity contribution in [3.05, 3.63) is 71.8 Å². The monoisotopic (exact) mass is 483 g/mol. The Kier molecular flexibility index (Phi) is 6.97. The minimum absolute atomic E-state index is 0.0483. The molecule has 4 heterocycles. The lowest BCUT2D eigenvalue weighted by molar-refractivity contribution is 0.0856. The second-order valence-electron chi connectivity index (χ2n) is 8.66. The Labute approximate surface area is 210 Å². The first-order chi connectivity index (χ1) is 17.6. The number of aromatic nitrogens is 5. The molecule has 1 saturated heterocycles. The Bertz CT molecular complexity index is 1330. The number of hydrogen-bond donors (Lipinski definition) is 1. The third-order valence-corrected chi connectivity index (χ3v) is 6.16. The van der Waals surface area contributed by atoms with Crippen LogP contribution in [0.3, 0.4) is 0 Å². The van der Waals surface area contributed by atoms with E-state index in [-0.39, 0.29) is 18.6 Å². The highest BCUT2D eigenvalue weighted by atomic mass is 16.6. The number of nitrogens with one attached hydrogen (secondary N) is 1. The number of piperidine rings is 1. The van der Waals surface area contributed by atoms with Crippen LogP contribution >= 0.6 is 0 Å². The lowest BCUT2D eigenvalue weighted by Crippen LogP contribution is -2.39. The van der Waals surface area contributed by atoms with Crippen LogP contribution in [0.2, 0.25) is 0 Å². The Balaban J connectivity index is 1.31. The number of carbonyl (C=O) groups excluding carboxylic acids is 1. The fourth-order valence-electron chi connectivity index (χ4n) is 4.26. The van der Waals surface area contributed by atoms with Crippen LogP contribution in [0.15, 0.2) is 55.0 Å². The highest BCUT2D eigenvalue weighted by molar-refractivity contribution is 6.36. The molecule has 1 aliphatic rings. The Morgan fingerprint density at radius 1 is 1.17 bits per heavy atom. The topological polar surface area (TPSA) is 107 Å². The molecule has 1 aromatic carbocycles. The Morgan fingerprint density at radius 3 is 2.75 bits per heavy atom. The summed E-state index contributed by atoms with van der Waals surface area (Å²) in [7, 11) is 7.69. The molecule has 11 heteroatoms. The molecule has 2 radical (unpaired) electrons. The SMILES string of the molecule is [B]c1cnn2c(NCc3cnc(OC)nc3)cc(C3CCCN(C(=O)OCc4ccccc4)C3)nc12. The molecule has 0 saturated carbocycles. The molecular formula is C25H26BN7O3. The van der Waals surface area contributed by atoms with Crippen molar-refractivity contribution < 1.29 is 14.3 Å². The second-order valence-corrected chi connectivity index (χ2v) is 8.66. The van der Waals surface area contributed by atoms with Gasteiger partial charge in [0.25, 0.3) is 0 Å². The first kappa shape index (κ1) is 23.6. The van der Waals surface area contributed by atoms with Gasteiger partial charge in [-0.2, -0.15) is 9.61 Å². The molecule has 1 N–H and O–H groups in total. The van der Waals surface area contributed by atoms with Crippen molar-refractivity contribution in [1.82, 2.24) is 29.5 Å². The van der Waals surface area contributed by atoms with E-state index >= 15 is 0 Å². The molecule has 10 nitrogen and oxygen atoms in total. The van der Waals surface area contributed by atoms with Crippen molar-refractivity contribution >= 4 is 30.9 Å². The molecule has 3 aromatic heterocycles. The predicted octanol–water partition coefficient (Wildman–Crippen LogP) is 2.45. The molecule has 1 amide bonds. The molecule has 5 rings (SSSR count). The zero-order valence-electron chi connectivity index (χ0n) is 20.0. The minimum Gasteiger partial charge on any atom is -0.467 e. The van der Waals surface area contributed by atoms with Crippen molar-refractivity contribution in [2.75, 3.05) is 25.5 Å². The standard InChI is InChI=1S/C25H26BN7O3/c1-35-24-28-12-18(13-29-24)11-27-22-10-21(31-23-20(26)14-30-33(22)23)19-8-5-9-32(15-19)25(34)36-16-17-6-3-2-4-7-17/h2-4,6-7,10,12-14,19,27H,5,8-9,11,15-16H2,1H3. The number of benzene rings is 1. The molecule has 1 atom stereocenters. The van der Waals surface area contributed by atoms with Gasteiger partial charge in [0.1, 0.15) is 20.3 Å². The smallest absolute Gasteiger partial charge is 0.410 e. The summed E-state index contributed by atoms with van der Waals surface area (Å²) in [6, 6.07) is 12.0. The van der Waals surface area contributed by atoms with Crippen molar-refractivity contribution in [3.63, 3.8) is 0 Å². The number of rotatable bonds is 7. The van der Waals surface area contributed by atoms with Crippen LogP contribution in [-0.4, -0.2) is 63.6 Å². The van der Waals surface area contributed by atoms with Crippen LogP contribution in [0.5, 0.6) is 6.01 Å². The maximum absolute atomic E-state index is 12.8. The van der Waals surface area contributed by atoms with E-state index in [1.165, 1.54) is 7.11 Å². The average Bonchev–Trinajstić information content (AvgIpc) is 3.32. The van der Waals surface area contributed by atoms with Crippen molar-refractivity contribution in [2.45, 2.75) is 31.9 Å². The van der Waals surface area contributed by atoms with E-state index in [0.29, 0.717) is 36.8 Å². The molecular weight excluding hydrogens is 457 g/mol. The first-order valence-electron chi connectivity index (χ1n) is 11.8. The fraction of sp³-hybridized carbons (Fsp3) is 0.320. The number of carbonyl (C=O) groups is 1. The second kappa shape index (κ2) is 10.6.